The highest BCUT2D eigenvalue weighted by atomic mass is 16.6. The summed E-state index contributed by atoms with van der Waals surface area (Å²) < 4.78 is 0. The summed E-state index contributed by atoms with van der Waals surface area (Å²) in [5.74, 6) is 0. The van der Waals surface area contributed by atoms with Crippen molar-refractivity contribution in [3.05, 3.63) is 46.0 Å². The van der Waals surface area contributed by atoms with E-state index in [4.69, 9.17) is 0 Å². The maximum absolute atomic E-state index is 11.1. The molecule has 1 aliphatic heterocycles. The average molecular weight is 228 g/mol. The number of fused-ring (bicyclic) bond motifs is 3. The fourth-order valence-electron chi connectivity index (χ4n) is 2.56. The Morgan fingerprint density at radius 2 is 2.00 bits per heavy atom. The molecule has 0 fully saturated rings. The van der Waals surface area contributed by atoms with E-state index in [0.29, 0.717) is 0 Å². The Bertz CT molecular complexity index is 622. The highest BCUT2D eigenvalue weighted by Crippen LogP contribution is 2.38. The first-order chi connectivity index (χ1) is 8.18. The molecule has 0 amide bonds. The number of hydrogen-bond acceptors (Lipinski definition) is 3. The van der Waals surface area contributed by atoms with Crippen LogP contribution >= 0.6 is 0 Å². The third-order valence-electron chi connectivity index (χ3n) is 3.42. The lowest BCUT2D eigenvalue weighted by molar-refractivity contribution is -0.383. The Hall–Kier alpha value is -2.10. The molecule has 0 radical (unpaired) electrons. The monoisotopic (exact) mass is 228 g/mol. The van der Waals surface area contributed by atoms with Crippen LogP contribution in [-0.4, -0.2) is 18.5 Å². The maximum atomic E-state index is 11.1. The summed E-state index contributed by atoms with van der Waals surface area (Å²) in [5.41, 5.74) is 2.43. The standard InChI is InChI=1S/C13H12N2O2/c1-14-7-6-11-9-4-2-3-5-10(9)13(15(16)17)8-12(11)14/h2-5,8H,6-7H2,1H3. The molecule has 0 aliphatic carbocycles. The van der Waals surface area contributed by atoms with E-state index in [2.05, 4.69) is 4.90 Å². The second-order valence-corrected chi connectivity index (χ2v) is 4.37. The molecule has 3 rings (SSSR count). The van der Waals surface area contributed by atoms with Crippen molar-refractivity contribution in [1.82, 2.24) is 0 Å². The van der Waals surface area contributed by atoms with Crippen LogP contribution in [-0.2, 0) is 6.42 Å². The van der Waals surface area contributed by atoms with Gasteiger partial charge in [-0.3, -0.25) is 10.1 Å². The van der Waals surface area contributed by atoms with Gasteiger partial charge < -0.3 is 4.90 Å². The van der Waals surface area contributed by atoms with Crippen molar-refractivity contribution < 1.29 is 4.92 Å². The number of likely N-dealkylation sites (N-methyl/N-ethyl adjacent to an activating group) is 1. The van der Waals surface area contributed by atoms with E-state index in [1.807, 2.05) is 31.3 Å². The molecule has 0 bridgehead atoms. The Morgan fingerprint density at radius 3 is 2.71 bits per heavy atom. The van der Waals surface area contributed by atoms with Crippen LogP contribution in [0.5, 0.6) is 0 Å². The Morgan fingerprint density at radius 1 is 1.29 bits per heavy atom. The minimum atomic E-state index is -0.297. The van der Waals surface area contributed by atoms with Crippen LogP contribution in [0.4, 0.5) is 11.4 Å². The molecule has 2 aromatic carbocycles. The summed E-state index contributed by atoms with van der Waals surface area (Å²) in [6, 6.07) is 9.28. The van der Waals surface area contributed by atoms with E-state index >= 15 is 0 Å². The van der Waals surface area contributed by atoms with Gasteiger partial charge in [-0.1, -0.05) is 18.2 Å². The first-order valence-corrected chi connectivity index (χ1v) is 5.58. The zero-order chi connectivity index (χ0) is 12.0. The molecule has 1 aliphatic rings. The van der Waals surface area contributed by atoms with Crippen LogP contribution in [0.1, 0.15) is 5.56 Å². The Balaban J connectivity index is 2.43. The molecular weight excluding hydrogens is 216 g/mol. The van der Waals surface area contributed by atoms with Gasteiger partial charge in [-0.2, -0.15) is 0 Å². The largest absolute Gasteiger partial charge is 0.374 e. The minimum absolute atomic E-state index is 0.202. The lowest BCUT2D eigenvalue weighted by atomic mass is 10.0. The first kappa shape index (κ1) is 10.1. The van der Waals surface area contributed by atoms with Gasteiger partial charge in [-0.25, -0.2) is 0 Å². The number of nitro groups is 1. The summed E-state index contributed by atoms with van der Waals surface area (Å²) in [7, 11) is 1.98. The third kappa shape index (κ3) is 1.37. The van der Waals surface area contributed by atoms with Crippen molar-refractivity contribution in [3.8, 4) is 0 Å². The molecule has 17 heavy (non-hydrogen) atoms. The van der Waals surface area contributed by atoms with E-state index < -0.39 is 0 Å². The van der Waals surface area contributed by atoms with E-state index in [9.17, 15) is 10.1 Å². The molecule has 0 atom stereocenters. The highest BCUT2D eigenvalue weighted by Gasteiger charge is 2.24. The lowest BCUT2D eigenvalue weighted by Crippen LogP contribution is -2.12. The summed E-state index contributed by atoms with van der Waals surface area (Å²) in [6.45, 7) is 0.931. The smallest absolute Gasteiger partial charge is 0.279 e. The molecule has 1 heterocycles. The normalized spacial score (nSPS) is 14.1. The average Bonchev–Trinajstić information content (AvgIpc) is 2.70. The fraction of sp³-hybridized carbons (Fsp3) is 0.231. The van der Waals surface area contributed by atoms with Gasteiger partial charge in [0.25, 0.3) is 5.69 Å². The van der Waals surface area contributed by atoms with Crippen molar-refractivity contribution in [1.29, 1.82) is 0 Å². The van der Waals surface area contributed by atoms with Crippen molar-refractivity contribution in [3.63, 3.8) is 0 Å². The van der Waals surface area contributed by atoms with Crippen LogP contribution in [0.3, 0.4) is 0 Å². The SMILES string of the molecule is CN1CCc2c1cc([N+](=O)[O-])c1ccccc21. The second-order valence-electron chi connectivity index (χ2n) is 4.37. The molecular formula is C13H12N2O2. The molecule has 0 saturated carbocycles. The number of benzene rings is 2. The number of hydrogen-bond donors (Lipinski definition) is 0. The molecule has 0 saturated heterocycles. The zero-order valence-electron chi connectivity index (χ0n) is 9.51. The second kappa shape index (κ2) is 3.45. The van der Waals surface area contributed by atoms with Crippen LogP contribution in [0.15, 0.2) is 30.3 Å². The van der Waals surface area contributed by atoms with E-state index in [-0.39, 0.29) is 10.6 Å². The summed E-state index contributed by atoms with van der Waals surface area (Å²) in [6.07, 6.45) is 0.963. The molecule has 86 valence electrons. The van der Waals surface area contributed by atoms with E-state index in [0.717, 1.165) is 29.4 Å². The van der Waals surface area contributed by atoms with Crippen molar-refractivity contribution >= 4 is 22.1 Å². The number of nitrogens with zero attached hydrogens (tertiary/aromatic N) is 2. The molecule has 4 nitrogen and oxygen atoms in total. The van der Waals surface area contributed by atoms with Gasteiger partial charge in [-0.15, -0.1) is 0 Å². The van der Waals surface area contributed by atoms with Crippen LogP contribution in [0.2, 0.25) is 0 Å². The van der Waals surface area contributed by atoms with Crippen molar-refractivity contribution in [2.24, 2.45) is 0 Å². The number of rotatable bonds is 1. The quantitative estimate of drug-likeness (QED) is 0.557. The van der Waals surface area contributed by atoms with Gasteiger partial charge in [0.15, 0.2) is 0 Å². The van der Waals surface area contributed by atoms with Gasteiger partial charge in [-0.05, 0) is 23.4 Å². The Labute approximate surface area is 98.6 Å². The number of nitro benzene ring substituents is 1. The van der Waals surface area contributed by atoms with Crippen LogP contribution in [0.25, 0.3) is 10.8 Å². The molecule has 0 unspecified atom stereocenters. The highest BCUT2D eigenvalue weighted by molar-refractivity contribution is 5.98. The number of non-ortho nitro benzene ring substituents is 1. The van der Waals surface area contributed by atoms with E-state index in [1.165, 1.54) is 5.56 Å². The summed E-state index contributed by atoms with van der Waals surface area (Å²) >= 11 is 0. The van der Waals surface area contributed by atoms with Crippen molar-refractivity contribution in [2.75, 3.05) is 18.5 Å². The molecule has 2 aromatic rings. The molecule has 0 spiro atoms. The van der Waals surface area contributed by atoms with Gasteiger partial charge in [0.1, 0.15) is 0 Å². The minimum Gasteiger partial charge on any atom is -0.374 e. The van der Waals surface area contributed by atoms with Crippen molar-refractivity contribution in [2.45, 2.75) is 6.42 Å². The predicted molar refractivity (Wildman–Crippen MR) is 67.6 cm³/mol. The Kier molecular flexibility index (Phi) is 2.04. The maximum Gasteiger partial charge on any atom is 0.279 e. The van der Waals surface area contributed by atoms with Gasteiger partial charge >= 0.3 is 0 Å². The molecule has 4 heteroatoms. The van der Waals surface area contributed by atoms with Gasteiger partial charge in [0, 0.05) is 25.3 Å². The fourth-order valence-corrected chi connectivity index (χ4v) is 2.56. The number of anilines is 1. The summed E-state index contributed by atoms with van der Waals surface area (Å²) in [4.78, 5) is 12.9. The third-order valence-corrected chi connectivity index (χ3v) is 3.42. The van der Waals surface area contributed by atoms with Crippen LogP contribution in [0, 0.1) is 10.1 Å². The van der Waals surface area contributed by atoms with Gasteiger partial charge in [0.05, 0.1) is 10.3 Å². The summed E-state index contributed by atoms with van der Waals surface area (Å²) in [5, 5.41) is 12.9. The van der Waals surface area contributed by atoms with Crippen LogP contribution < -0.4 is 4.90 Å². The molecule has 0 N–H and O–H groups in total. The lowest BCUT2D eigenvalue weighted by Gasteiger charge is -2.12. The predicted octanol–water partition coefficient (Wildman–Crippen LogP) is 2.74. The zero-order valence-corrected chi connectivity index (χ0v) is 9.51. The topological polar surface area (TPSA) is 46.4 Å². The first-order valence-electron chi connectivity index (χ1n) is 5.58. The van der Waals surface area contributed by atoms with E-state index in [1.54, 1.807) is 6.07 Å². The molecule has 0 aromatic heterocycles. The van der Waals surface area contributed by atoms with Gasteiger partial charge in [0.2, 0.25) is 0 Å².